The van der Waals surface area contributed by atoms with E-state index in [0.717, 1.165) is 39.0 Å². The molecule has 0 aliphatic carbocycles. The number of imide groups is 1. The number of carbonyl (C=O) groups is 2. The fourth-order valence-electron chi connectivity index (χ4n) is 3.27. The highest BCUT2D eigenvalue weighted by Crippen LogP contribution is 2.22. The number of carbonyl (C=O) groups excluding carboxylic acids is 2. The van der Waals surface area contributed by atoms with Crippen molar-refractivity contribution in [2.24, 2.45) is 0 Å². The van der Waals surface area contributed by atoms with Crippen molar-refractivity contribution >= 4 is 11.8 Å². The van der Waals surface area contributed by atoms with Gasteiger partial charge in [-0.1, -0.05) is 6.42 Å². The summed E-state index contributed by atoms with van der Waals surface area (Å²) in [6.07, 6.45) is 3.88. The van der Waals surface area contributed by atoms with E-state index in [9.17, 15) is 9.59 Å². The van der Waals surface area contributed by atoms with E-state index < -0.39 is 0 Å². The summed E-state index contributed by atoms with van der Waals surface area (Å²) in [6, 6.07) is -0.205. The molecule has 0 N–H and O–H groups in total. The Balaban J connectivity index is 1.60. The predicted molar refractivity (Wildman–Crippen MR) is 72.9 cm³/mol. The quantitative estimate of drug-likeness (QED) is 0.676. The minimum Gasteiger partial charge on any atom is -0.379 e. The molecule has 0 aromatic rings. The van der Waals surface area contributed by atoms with Gasteiger partial charge in [-0.25, -0.2) is 0 Å². The molecule has 0 saturated carbocycles. The Morgan fingerprint density at radius 3 is 2.40 bits per heavy atom. The molecule has 2 amide bonds. The highest BCUT2D eigenvalue weighted by Gasteiger charge is 2.42. The Labute approximate surface area is 119 Å². The van der Waals surface area contributed by atoms with Crippen molar-refractivity contribution in [2.45, 2.75) is 31.7 Å². The van der Waals surface area contributed by atoms with Crippen LogP contribution in [0.25, 0.3) is 0 Å². The molecule has 6 nitrogen and oxygen atoms in total. The van der Waals surface area contributed by atoms with Crippen molar-refractivity contribution in [3.05, 3.63) is 0 Å². The molecule has 0 radical (unpaired) electrons. The van der Waals surface area contributed by atoms with Gasteiger partial charge in [0.1, 0.15) is 0 Å². The SMILES string of the molecule is O=C1CC(N2CCCCC2)C(=O)N1CN1CCOCC1. The second kappa shape index (κ2) is 6.20. The van der Waals surface area contributed by atoms with Crippen LogP contribution in [-0.2, 0) is 14.3 Å². The lowest BCUT2D eigenvalue weighted by Gasteiger charge is -2.32. The van der Waals surface area contributed by atoms with Crippen LogP contribution in [0.1, 0.15) is 25.7 Å². The fourth-order valence-corrected chi connectivity index (χ4v) is 3.27. The van der Waals surface area contributed by atoms with Gasteiger partial charge in [0.15, 0.2) is 0 Å². The van der Waals surface area contributed by atoms with E-state index in [2.05, 4.69) is 9.80 Å². The number of hydrogen-bond donors (Lipinski definition) is 0. The maximum absolute atomic E-state index is 12.5. The third-order valence-electron chi connectivity index (χ3n) is 4.50. The van der Waals surface area contributed by atoms with E-state index in [1.807, 2.05) is 0 Å². The molecular formula is C14H23N3O3. The van der Waals surface area contributed by atoms with Crippen LogP contribution >= 0.6 is 0 Å². The van der Waals surface area contributed by atoms with Crippen molar-refractivity contribution < 1.29 is 14.3 Å². The molecule has 1 atom stereocenters. The molecule has 0 aromatic heterocycles. The number of rotatable bonds is 3. The number of nitrogens with zero attached hydrogens (tertiary/aromatic N) is 3. The topological polar surface area (TPSA) is 53.1 Å². The maximum Gasteiger partial charge on any atom is 0.248 e. The summed E-state index contributed by atoms with van der Waals surface area (Å²) in [4.78, 5) is 30.4. The van der Waals surface area contributed by atoms with Gasteiger partial charge in [0.25, 0.3) is 0 Å². The molecule has 0 aromatic carbocycles. The number of amides is 2. The van der Waals surface area contributed by atoms with E-state index in [4.69, 9.17) is 4.74 Å². The minimum atomic E-state index is -0.205. The molecule has 1 unspecified atom stereocenters. The molecule has 0 bridgehead atoms. The van der Waals surface area contributed by atoms with Crippen molar-refractivity contribution in [3.63, 3.8) is 0 Å². The molecule has 3 saturated heterocycles. The standard InChI is InChI=1S/C14H23N3O3/c18-13-10-12(16-4-2-1-3-5-16)14(19)17(13)11-15-6-8-20-9-7-15/h12H,1-11H2. The molecule has 3 aliphatic heterocycles. The normalized spacial score (nSPS) is 30.2. The average molecular weight is 281 g/mol. The smallest absolute Gasteiger partial charge is 0.248 e. The molecular weight excluding hydrogens is 258 g/mol. The van der Waals surface area contributed by atoms with E-state index >= 15 is 0 Å². The molecule has 20 heavy (non-hydrogen) atoms. The van der Waals surface area contributed by atoms with Gasteiger partial charge >= 0.3 is 0 Å². The van der Waals surface area contributed by atoms with Crippen LogP contribution in [0.3, 0.4) is 0 Å². The van der Waals surface area contributed by atoms with Crippen LogP contribution in [-0.4, -0.2) is 78.6 Å². The van der Waals surface area contributed by atoms with Gasteiger partial charge in [0.05, 0.1) is 32.3 Å². The van der Waals surface area contributed by atoms with Crippen LogP contribution in [0.15, 0.2) is 0 Å². The summed E-state index contributed by atoms with van der Waals surface area (Å²) in [5, 5.41) is 0. The highest BCUT2D eigenvalue weighted by atomic mass is 16.5. The maximum atomic E-state index is 12.5. The van der Waals surface area contributed by atoms with E-state index in [-0.39, 0.29) is 17.9 Å². The number of morpholine rings is 1. The van der Waals surface area contributed by atoms with Gasteiger partial charge < -0.3 is 4.74 Å². The summed E-state index contributed by atoms with van der Waals surface area (Å²) < 4.78 is 5.30. The van der Waals surface area contributed by atoms with Gasteiger partial charge in [0.2, 0.25) is 11.8 Å². The zero-order chi connectivity index (χ0) is 13.9. The van der Waals surface area contributed by atoms with Crippen molar-refractivity contribution in [1.29, 1.82) is 0 Å². The minimum absolute atomic E-state index is 0.00314. The Hall–Kier alpha value is -0.980. The molecule has 112 valence electrons. The summed E-state index contributed by atoms with van der Waals surface area (Å²) in [7, 11) is 0. The molecule has 3 aliphatic rings. The first kappa shape index (κ1) is 14.0. The average Bonchev–Trinajstić information content (AvgIpc) is 2.77. The van der Waals surface area contributed by atoms with E-state index in [0.29, 0.717) is 26.3 Å². The first-order valence-electron chi connectivity index (χ1n) is 7.64. The second-order valence-electron chi connectivity index (χ2n) is 5.85. The van der Waals surface area contributed by atoms with Gasteiger partial charge in [0, 0.05) is 13.1 Å². The first-order valence-corrected chi connectivity index (χ1v) is 7.64. The van der Waals surface area contributed by atoms with Crippen molar-refractivity contribution in [3.8, 4) is 0 Å². The Bertz CT molecular complexity index is 376. The van der Waals surface area contributed by atoms with Gasteiger partial charge in [-0.15, -0.1) is 0 Å². The second-order valence-corrected chi connectivity index (χ2v) is 5.85. The van der Waals surface area contributed by atoms with Gasteiger partial charge in [-0.05, 0) is 25.9 Å². The number of ether oxygens (including phenoxy) is 1. The molecule has 6 heteroatoms. The number of hydrogen-bond acceptors (Lipinski definition) is 5. The van der Waals surface area contributed by atoms with Crippen LogP contribution < -0.4 is 0 Å². The molecule has 3 rings (SSSR count). The zero-order valence-electron chi connectivity index (χ0n) is 11.9. The largest absolute Gasteiger partial charge is 0.379 e. The summed E-state index contributed by atoms with van der Waals surface area (Å²) in [5.41, 5.74) is 0. The monoisotopic (exact) mass is 281 g/mol. The van der Waals surface area contributed by atoms with E-state index in [1.54, 1.807) is 0 Å². The predicted octanol–water partition coefficient (Wildman–Crippen LogP) is -0.110. The third-order valence-corrected chi connectivity index (χ3v) is 4.50. The lowest BCUT2D eigenvalue weighted by Crippen LogP contribution is -2.49. The highest BCUT2D eigenvalue weighted by molar-refractivity contribution is 6.05. The lowest BCUT2D eigenvalue weighted by atomic mass is 10.1. The van der Waals surface area contributed by atoms with Crippen molar-refractivity contribution in [2.75, 3.05) is 46.1 Å². The number of piperidine rings is 1. The van der Waals surface area contributed by atoms with Crippen LogP contribution in [0.5, 0.6) is 0 Å². The molecule has 0 spiro atoms. The van der Waals surface area contributed by atoms with Gasteiger partial charge in [-0.3, -0.25) is 24.3 Å². The Morgan fingerprint density at radius 2 is 1.70 bits per heavy atom. The zero-order valence-corrected chi connectivity index (χ0v) is 11.9. The van der Waals surface area contributed by atoms with Crippen molar-refractivity contribution in [1.82, 2.24) is 14.7 Å². The summed E-state index contributed by atoms with van der Waals surface area (Å²) >= 11 is 0. The van der Waals surface area contributed by atoms with Crippen LogP contribution in [0.2, 0.25) is 0 Å². The van der Waals surface area contributed by atoms with E-state index in [1.165, 1.54) is 11.3 Å². The van der Waals surface area contributed by atoms with Gasteiger partial charge in [-0.2, -0.15) is 0 Å². The van der Waals surface area contributed by atoms with Crippen LogP contribution in [0, 0.1) is 0 Å². The summed E-state index contributed by atoms with van der Waals surface area (Å²) in [6.45, 7) is 5.31. The fraction of sp³-hybridized carbons (Fsp3) is 0.857. The lowest BCUT2D eigenvalue weighted by molar-refractivity contribution is -0.143. The third kappa shape index (κ3) is 2.87. The Kier molecular flexibility index (Phi) is 4.33. The molecule has 3 heterocycles. The van der Waals surface area contributed by atoms with Crippen LogP contribution in [0.4, 0.5) is 0 Å². The first-order chi connectivity index (χ1) is 9.75. The molecule has 3 fully saturated rings. The summed E-state index contributed by atoms with van der Waals surface area (Å²) in [5.74, 6) is -0.0135. The number of likely N-dealkylation sites (tertiary alicyclic amines) is 2. The Morgan fingerprint density at radius 1 is 1.00 bits per heavy atom.